The maximum atomic E-state index is 13.7. The second-order valence-corrected chi connectivity index (χ2v) is 13.3. The number of carbonyl (C=O) groups is 1. The van der Waals surface area contributed by atoms with Crippen molar-refractivity contribution < 1.29 is 29.6 Å². The summed E-state index contributed by atoms with van der Waals surface area (Å²) in [7, 11) is 0. The SMILES string of the molecule is CC(C)C[C@@H]1CCO[C@H]2[C@@H](C(=O)N[C@H]3C4OC(SCCC/C=C/[C@H]3C)C(O)C(O)C4O)NC[C@]2(C)C1. The van der Waals surface area contributed by atoms with Gasteiger partial charge in [-0.15, -0.1) is 11.8 Å². The van der Waals surface area contributed by atoms with E-state index < -0.39 is 41.9 Å². The number of fused-ring (bicyclic) bond motifs is 3. The molecule has 4 rings (SSSR count). The summed E-state index contributed by atoms with van der Waals surface area (Å²) >= 11 is 1.44. The third-order valence-corrected chi connectivity index (χ3v) is 9.70. The summed E-state index contributed by atoms with van der Waals surface area (Å²) in [6, 6.07) is -1.07. The first-order valence-electron chi connectivity index (χ1n) is 13.7. The first-order chi connectivity index (χ1) is 17.1. The lowest BCUT2D eigenvalue weighted by Crippen LogP contribution is -2.65. The van der Waals surface area contributed by atoms with Crippen molar-refractivity contribution in [1.29, 1.82) is 0 Å². The molecular weight excluding hydrogens is 480 g/mol. The number of rotatable bonds is 4. The molecule has 3 fully saturated rings. The van der Waals surface area contributed by atoms with Gasteiger partial charge in [-0.2, -0.15) is 0 Å². The molecule has 36 heavy (non-hydrogen) atoms. The van der Waals surface area contributed by atoms with Crippen molar-refractivity contribution in [1.82, 2.24) is 10.6 Å². The van der Waals surface area contributed by atoms with E-state index in [1.165, 1.54) is 18.2 Å². The van der Waals surface area contributed by atoms with Crippen molar-refractivity contribution >= 4 is 17.7 Å². The number of amides is 1. The van der Waals surface area contributed by atoms with Crippen LogP contribution in [0, 0.1) is 23.2 Å². The van der Waals surface area contributed by atoms with Crippen LogP contribution in [0.25, 0.3) is 0 Å². The lowest BCUT2D eigenvalue weighted by molar-refractivity contribution is -0.207. The van der Waals surface area contributed by atoms with E-state index in [9.17, 15) is 20.1 Å². The average Bonchev–Trinajstić information content (AvgIpc) is 3.03. The summed E-state index contributed by atoms with van der Waals surface area (Å²) in [6.45, 7) is 10.1. The molecule has 0 radical (unpaired) electrons. The van der Waals surface area contributed by atoms with Crippen LogP contribution in [0.2, 0.25) is 0 Å². The molecule has 0 spiro atoms. The minimum atomic E-state index is -1.34. The Bertz CT molecular complexity index is 783. The number of thioether (sulfide) groups is 1. The van der Waals surface area contributed by atoms with Gasteiger partial charge in [0.05, 0.1) is 12.1 Å². The van der Waals surface area contributed by atoms with Crippen LogP contribution in [0.4, 0.5) is 0 Å². The third kappa shape index (κ3) is 6.14. The van der Waals surface area contributed by atoms with Gasteiger partial charge in [0.1, 0.15) is 35.9 Å². The summed E-state index contributed by atoms with van der Waals surface area (Å²) in [5.74, 6) is 1.68. The fourth-order valence-corrected chi connectivity index (χ4v) is 7.70. The third-order valence-electron chi connectivity index (χ3n) is 8.45. The molecule has 206 valence electrons. The van der Waals surface area contributed by atoms with E-state index in [0.29, 0.717) is 18.4 Å². The van der Waals surface area contributed by atoms with E-state index in [0.717, 1.165) is 38.0 Å². The van der Waals surface area contributed by atoms with Crippen molar-refractivity contribution in [2.45, 2.75) is 108 Å². The molecule has 0 saturated carbocycles. The van der Waals surface area contributed by atoms with Crippen LogP contribution in [-0.4, -0.2) is 88.2 Å². The van der Waals surface area contributed by atoms with E-state index in [2.05, 4.69) is 37.5 Å². The highest BCUT2D eigenvalue weighted by Gasteiger charge is 2.53. The number of allylic oxidation sites excluding steroid dienone is 1. The van der Waals surface area contributed by atoms with Crippen LogP contribution in [0.1, 0.15) is 59.8 Å². The Morgan fingerprint density at radius 3 is 2.78 bits per heavy atom. The van der Waals surface area contributed by atoms with E-state index in [-0.39, 0.29) is 23.3 Å². The van der Waals surface area contributed by atoms with Crippen molar-refractivity contribution in [2.24, 2.45) is 23.2 Å². The van der Waals surface area contributed by atoms with Crippen molar-refractivity contribution in [3.05, 3.63) is 12.2 Å². The van der Waals surface area contributed by atoms with Crippen LogP contribution in [0.3, 0.4) is 0 Å². The van der Waals surface area contributed by atoms with Gasteiger partial charge in [-0.25, -0.2) is 0 Å². The minimum Gasteiger partial charge on any atom is -0.388 e. The van der Waals surface area contributed by atoms with Crippen molar-refractivity contribution in [3.8, 4) is 0 Å². The fourth-order valence-electron chi connectivity index (χ4n) is 6.57. The molecule has 4 heterocycles. The van der Waals surface area contributed by atoms with Gasteiger partial charge in [0.15, 0.2) is 0 Å². The lowest BCUT2D eigenvalue weighted by Gasteiger charge is -2.44. The minimum absolute atomic E-state index is 0.124. The van der Waals surface area contributed by atoms with Gasteiger partial charge in [0, 0.05) is 18.6 Å². The first-order valence-corrected chi connectivity index (χ1v) is 14.8. The molecule has 1 amide bonds. The van der Waals surface area contributed by atoms with E-state index >= 15 is 0 Å². The molecule has 4 aliphatic rings. The number of ether oxygens (including phenoxy) is 2. The van der Waals surface area contributed by atoms with Crippen LogP contribution >= 0.6 is 11.8 Å². The van der Waals surface area contributed by atoms with Crippen LogP contribution in [0.5, 0.6) is 0 Å². The summed E-state index contributed by atoms with van der Waals surface area (Å²) in [5.41, 5.74) is -0.783. The van der Waals surface area contributed by atoms with Gasteiger partial charge < -0.3 is 35.4 Å². The van der Waals surface area contributed by atoms with E-state index in [1.807, 2.05) is 13.0 Å². The molecular formula is C27H46N2O6S. The second kappa shape index (κ2) is 12.0. The molecule has 5 N–H and O–H groups in total. The highest BCUT2D eigenvalue weighted by Crippen LogP contribution is 2.42. The normalized spacial score (nSPS) is 46.9. The molecule has 4 aliphatic heterocycles. The van der Waals surface area contributed by atoms with Crippen LogP contribution < -0.4 is 10.6 Å². The Balaban J connectivity index is 1.52. The number of nitrogens with one attached hydrogen (secondary N) is 2. The number of aliphatic hydroxyl groups excluding tert-OH is 3. The molecule has 8 nitrogen and oxygen atoms in total. The van der Waals surface area contributed by atoms with Gasteiger partial charge >= 0.3 is 0 Å². The van der Waals surface area contributed by atoms with Crippen LogP contribution in [0.15, 0.2) is 12.2 Å². The Morgan fingerprint density at radius 1 is 1.25 bits per heavy atom. The molecule has 0 aromatic heterocycles. The zero-order valence-corrected chi connectivity index (χ0v) is 23.0. The standard InChI is InChI=1S/C27H46N2O6S/c1-15(2)12-17-9-10-34-24-19(28-14-27(24,4)13-17)25(33)29-18-16(3)8-6-5-7-11-36-26-22(32)20(30)21(31)23(18)35-26/h6,8,15-24,26,28,30-32H,5,7,9-14H2,1-4H3,(H,29,33)/b8-6+/t16-,17+,18-,19+,20?,21?,22?,23?,24+,26?,27+/m1/s1. The molecule has 0 aromatic carbocycles. The van der Waals surface area contributed by atoms with E-state index in [1.54, 1.807) is 0 Å². The number of aliphatic hydroxyl groups is 3. The van der Waals surface area contributed by atoms with Gasteiger partial charge in [0.2, 0.25) is 5.91 Å². The Morgan fingerprint density at radius 2 is 2.03 bits per heavy atom. The van der Waals surface area contributed by atoms with E-state index in [4.69, 9.17) is 9.47 Å². The molecule has 3 saturated heterocycles. The molecule has 11 atom stereocenters. The number of carbonyl (C=O) groups excluding carboxylic acids is 1. The number of hydrogen-bond acceptors (Lipinski definition) is 8. The quantitative estimate of drug-likeness (QED) is 0.352. The number of hydrogen-bond donors (Lipinski definition) is 5. The summed E-state index contributed by atoms with van der Waals surface area (Å²) < 4.78 is 12.5. The predicted octanol–water partition coefficient (Wildman–Crippen LogP) is 1.82. The summed E-state index contributed by atoms with van der Waals surface area (Å²) in [4.78, 5) is 13.7. The summed E-state index contributed by atoms with van der Waals surface area (Å²) in [6.07, 6.45) is 4.26. The van der Waals surface area contributed by atoms with Crippen molar-refractivity contribution in [3.63, 3.8) is 0 Å². The Kier molecular flexibility index (Phi) is 9.45. The zero-order chi connectivity index (χ0) is 26.0. The van der Waals surface area contributed by atoms with Crippen molar-refractivity contribution in [2.75, 3.05) is 18.9 Å². The predicted molar refractivity (Wildman–Crippen MR) is 140 cm³/mol. The summed E-state index contributed by atoms with van der Waals surface area (Å²) in [5, 5.41) is 38.6. The van der Waals surface area contributed by atoms with Gasteiger partial charge in [-0.1, -0.05) is 39.8 Å². The second-order valence-electron chi connectivity index (χ2n) is 12.1. The first kappa shape index (κ1) is 28.3. The maximum Gasteiger partial charge on any atom is 0.240 e. The zero-order valence-electron chi connectivity index (χ0n) is 22.1. The largest absolute Gasteiger partial charge is 0.388 e. The molecule has 9 heteroatoms. The topological polar surface area (TPSA) is 120 Å². The van der Waals surface area contributed by atoms with Gasteiger partial charge in [0.25, 0.3) is 0 Å². The lowest BCUT2D eigenvalue weighted by atomic mass is 9.75. The molecule has 2 bridgehead atoms. The highest BCUT2D eigenvalue weighted by atomic mass is 32.2. The molecule has 5 unspecified atom stereocenters. The molecule has 0 aromatic rings. The van der Waals surface area contributed by atoms with Crippen LogP contribution in [-0.2, 0) is 14.3 Å². The maximum absolute atomic E-state index is 13.7. The highest BCUT2D eigenvalue weighted by molar-refractivity contribution is 7.99. The average molecular weight is 527 g/mol. The Hall–Kier alpha value is -0.680. The van der Waals surface area contributed by atoms with Gasteiger partial charge in [-0.05, 0) is 55.6 Å². The smallest absolute Gasteiger partial charge is 0.240 e. The fraction of sp³-hybridized carbons (Fsp3) is 0.889. The molecule has 0 aliphatic carbocycles. The monoisotopic (exact) mass is 526 g/mol. The Labute approximate surface area is 220 Å². The van der Waals surface area contributed by atoms with Gasteiger partial charge in [-0.3, -0.25) is 4.79 Å².